The third-order valence-corrected chi connectivity index (χ3v) is 3.79. The van der Waals surface area contributed by atoms with Crippen LogP contribution >= 0.6 is 0 Å². The van der Waals surface area contributed by atoms with E-state index >= 15 is 0 Å². The van der Waals surface area contributed by atoms with Gasteiger partial charge in [0.05, 0.1) is 12.2 Å². The Morgan fingerprint density at radius 3 is 2.28 bits per heavy atom. The topological polar surface area (TPSA) is 32.3 Å². The van der Waals surface area contributed by atoms with E-state index in [0.717, 1.165) is 13.0 Å². The third kappa shape index (κ3) is 3.71. The maximum Gasteiger partial charge on any atom is 0.241 e. The summed E-state index contributed by atoms with van der Waals surface area (Å²) in [5.41, 5.74) is 0. The average molecular weight is 254 g/mol. The summed E-state index contributed by atoms with van der Waals surface area (Å²) in [7, 11) is 0. The van der Waals surface area contributed by atoms with Crippen LogP contribution in [0, 0.1) is 11.8 Å². The maximum atomic E-state index is 12.4. The van der Waals surface area contributed by atoms with Gasteiger partial charge in [-0.15, -0.1) is 0 Å². The average Bonchev–Trinajstić information content (AvgIpc) is 2.62. The molecule has 3 nitrogen and oxygen atoms in total. The fourth-order valence-electron chi connectivity index (χ4n) is 2.65. The van der Waals surface area contributed by atoms with Crippen LogP contribution in [0.2, 0.25) is 0 Å². The van der Waals surface area contributed by atoms with Crippen molar-refractivity contribution in [1.82, 2.24) is 10.2 Å². The Kier molecular flexibility index (Phi) is 6.13. The van der Waals surface area contributed by atoms with Crippen molar-refractivity contribution in [2.75, 3.05) is 6.54 Å². The molecule has 1 amide bonds. The van der Waals surface area contributed by atoms with Crippen molar-refractivity contribution in [1.29, 1.82) is 0 Å². The van der Waals surface area contributed by atoms with Crippen LogP contribution in [0.25, 0.3) is 0 Å². The summed E-state index contributed by atoms with van der Waals surface area (Å²) in [6.07, 6.45) is 5.11. The Hall–Kier alpha value is -0.570. The number of nitrogens with zero attached hydrogens (tertiary/aromatic N) is 1. The van der Waals surface area contributed by atoms with E-state index in [1.54, 1.807) is 0 Å². The van der Waals surface area contributed by atoms with Crippen molar-refractivity contribution in [3.05, 3.63) is 0 Å². The Labute approximate surface area is 112 Å². The zero-order chi connectivity index (χ0) is 13.7. The molecule has 0 spiro atoms. The van der Waals surface area contributed by atoms with E-state index in [1.807, 2.05) is 0 Å². The van der Waals surface area contributed by atoms with Gasteiger partial charge in [0.15, 0.2) is 0 Å². The van der Waals surface area contributed by atoms with Gasteiger partial charge >= 0.3 is 0 Å². The second-order valence-corrected chi connectivity index (χ2v) is 6.17. The van der Waals surface area contributed by atoms with Gasteiger partial charge in [-0.05, 0) is 18.3 Å². The number of hydrogen-bond acceptors (Lipinski definition) is 2. The van der Waals surface area contributed by atoms with Gasteiger partial charge in [-0.3, -0.25) is 10.1 Å². The first-order valence-electron chi connectivity index (χ1n) is 7.55. The second-order valence-electron chi connectivity index (χ2n) is 6.17. The van der Waals surface area contributed by atoms with Gasteiger partial charge in [0.1, 0.15) is 0 Å². The molecule has 0 bridgehead atoms. The summed E-state index contributed by atoms with van der Waals surface area (Å²) in [5, 5.41) is 3.51. The van der Waals surface area contributed by atoms with Gasteiger partial charge in [-0.25, -0.2) is 0 Å². The Morgan fingerprint density at radius 1 is 1.11 bits per heavy atom. The van der Waals surface area contributed by atoms with Gasteiger partial charge in [0.2, 0.25) is 5.91 Å². The first-order chi connectivity index (χ1) is 8.49. The quantitative estimate of drug-likeness (QED) is 0.708. The van der Waals surface area contributed by atoms with Crippen molar-refractivity contribution in [2.45, 2.75) is 72.5 Å². The summed E-state index contributed by atoms with van der Waals surface area (Å²) in [6.45, 7) is 11.7. The smallest absolute Gasteiger partial charge is 0.241 e. The molecule has 106 valence electrons. The summed E-state index contributed by atoms with van der Waals surface area (Å²) in [6, 6.07) is 0.0172. The molecular formula is C15H30N2O. The third-order valence-electron chi connectivity index (χ3n) is 3.79. The zero-order valence-electron chi connectivity index (χ0n) is 12.7. The first kappa shape index (κ1) is 15.5. The molecule has 1 heterocycles. The first-order valence-corrected chi connectivity index (χ1v) is 7.55. The van der Waals surface area contributed by atoms with Crippen molar-refractivity contribution in [3.63, 3.8) is 0 Å². The Morgan fingerprint density at radius 2 is 1.78 bits per heavy atom. The van der Waals surface area contributed by atoms with Crippen LogP contribution in [0.3, 0.4) is 0 Å². The zero-order valence-corrected chi connectivity index (χ0v) is 12.7. The molecule has 1 rings (SSSR count). The lowest BCUT2D eigenvalue weighted by atomic mass is 10.0. The van der Waals surface area contributed by atoms with E-state index in [-0.39, 0.29) is 12.2 Å². The minimum atomic E-state index is 0.0172. The van der Waals surface area contributed by atoms with Crippen LogP contribution in [0.15, 0.2) is 0 Å². The Bertz CT molecular complexity index is 263. The molecule has 0 aromatic carbocycles. The molecule has 0 radical (unpaired) electrons. The van der Waals surface area contributed by atoms with Gasteiger partial charge in [0.25, 0.3) is 0 Å². The molecular weight excluding hydrogens is 224 g/mol. The predicted octanol–water partition coefficient (Wildman–Crippen LogP) is 3.01. The minimum Gasteiger partial charge on any atom is -0.326 e. The summed E-state index contributed by atoms with van der Waals surface area (Å²) >= 11 is 0. The van der Waals surface area contributed by atoms with E-state index in [1.165, 1.54) is 19.3 Å². The molecule has 0 aliphatic carbocycles. The lowest BCUT2D eigenvalue weighted by molar-refractivity contribution is -0.131. The SMILES string of the molecule is CCCCCCN1C(=O)C(C(C)C)NC1C(C)C. The number of amides is 1. The lowest BCUT2D eigenvalue weighted by Crippen LogP contribution is -2.42. The van der Waals surface area contributed by atoms with Gasteiger partial charge in [0, 0.05) is 6.54 Å². The number of nitrogens with one attached hydrogen (secondary N) is 1. The molecule has 1 fully saturated rings. The number of hydrogen-bond donors (Lipinski definition) is 1. The van der Waals surface area contributed by atoms with Crippen molar-refractivity contribution in [3.8, 4) is 0 Å². The van der Waals surface area contributed by atoms with Gasteiger partial charge in [-0.2, -0.15) is 0 Å². The largest absolute Gasteiger partial charge is 0.326 e. The monoisotopic (exact) mass is 254 g/mol. The summed E-state index contributed by atoms with van der Waals surface area (Å²) in [4.78, 5) is 14.5. The van der Waals surface area contributed by atoms with Crippen molar-refractivity contribution < 1.29 is 4.79 Å². The molecule has 1 aliphatic rings. The van der Waals surface area contributed by atoms with Crippen LogP contribution in [-0.2, 0) is 4.79 Å². The van der Waals surface area contributed by atoms with Gasteiger partial charge in [-0.1, -0.05) is 53.9 Å². The minimum absolute atomic E-state index is 0.0172. The van der Waals surface area contributed by atoms with E-state index in [2.05, 4.69) is 44.8 Å². The highest BCUT2D eigenvalue weighted by atomic mass is 16.2. The molecule has 2 atom stereocenters. The van der Waals surface area contributed by atoms with Crippen LogP contribution in [0.1, 0.15) is 60.3 Å². The fourth-order valence-corrected chi connectivity index (χ4v) is 2.65. The van der Waals surface area contributed by atoms with Crippen LogP contribution in [-0.4, -0.2) is 29.6 Å². The number of unbranched alkanes of at least 4 members (excludes halogenated alkanes) is 3. The normalized spacial score (nSPS) is 24.6. The van der Waals surface area contributed by atoms with Gasteiger partial charge < -0.3 is 4.90 Å². The molecule has 1 saturated heterocycles. The standard InChI is InChI=1S/C15H30N2O/c1-6-7-8-9-10-17-14(12(4)5)16-13(11(2)3)15(17)18/h11-14,16H,6-10H2,1-5H3. The fraction of sp³-hybridized carbons (Fsp3) is 0.933. The van der Waals surface area contributed by atoms with E-state index in [9.17, 15) is 4.79 Å². The second kappa shape index (κ2) is 7.13. The van der Waals surface area contributed by atoms with E-state index in [4.69, 9.17) is 0 Å². The van der Waals surface area contributed by atoms with Crippen molar-refractivity contribution in [2.24, 2.45) is 11.8 Å². The van der Waals surface area contributed by atoms with Crippen molar-refractivity contribution >= 4 is 5.91 Å². The molecule has 1 aliphatic heterocycles. The number of rotatable bonds is 7. The molecule has 3 heteroatoms. The van der Waals surface area contributed by atoms with Crippen LogP contribution in [0.4, 0.5) is 0 Å². The highest BCUT2D eigenvalue weighted by molar-refractivity contribution is 5.84. The molecule has 2 unspecified atom stereocenters. The highest BCUT2D eigenvalue weighted by Crippen LogP contribution is 2.22. The molecule has 0 saturated carbocycles. The predicted molar refractivity (Wildman–Crippen MR) is 76.2 cm³/mol. The molecule has 0 aromatic rings. The highest BCUT2D eigenvalue weighted by Gasteiger charge is 2.40. The summed E-state index contributed by atoms with van der Waals surface area (Å²) < 4.78 is 0. The number of carbonyl (C=O) groups excluding carboxylic acids is 1. The molecule has 1 N–H and O–H groups in total. The van der Waals surface area contributed by atoms with Crippen LogP contribution < -0.4 is 5.32 Å². The molecule has 0 aromatic heterocycles. The molecule has 18 heavy (non-hydrogen) atoms. The van der Waals surface area contributed by atoms with E-state index in [0.29, 0.717) is 17.7 Å². The summed E-state index contributed by atoms with van der Waals surface area (Å²) in [5.74, 6) is 1.16. The maximum absolute atomic E-state index is 12.4. The van der Waals surface area contributed by atoms with Crippen LogP contribution in [0.5, 0.6) is 0 Å². The lowest BCUT2D eigenvalue weighted by Gasteiger charge is -2.27. The van der Waals surface area contributed by atoms with E-state index < -0.39 is 0 Å². The Balaban J connectivity index is 2.58. The number of carbonyl (C=O) groups is 1.